The van der Waals surface area contributed by atoms with Crippen molar-refractivity contribution in [1.29, 1.82) is 0 Å². The Balaban J connectivity index is 2.56. The van der Waals surface area contributed by atoms with Crippen LogP contribution in [0.5, 0.6) is 0 Å². The molecule has 0 unspecified atom stereocenters. The zero-order valence-electron chi connectivity index (χ0n) is 9.24. The normalized spacial score (nSPS) is 11.2. The number of fused-ring (bicyclic) bond motifs is 1. The van der Waals surface area contributed by atoms with Crippen LogP contribution in [0.4, 0.5) is 0 Å². The zero-order valence-corrected chi connectivity index (χ0v) is 10.00. The highest BCUT2D eigenvalue weighted by atomic mass is 35.5. The minimum Gasteiger partial charge on any atom is -0.364 e. The van der Waals surface area contributed by atoms with Crippen molar-refractivity contribution < 1.29 is 4.74 Å². The highest BCUT2D eigenvalue weighted by Crippen LogP contribution is 2.25. The van der Waals surface area contributed by atoms with Crippen molar-refractivity contribution in [3.05, 3.63) is 35.0 Å². The number of nitrogens with two attached hydrogens (primary N) is 1. The maximum atomic E-state index is 6.00. The molecule has 0 fully saturated rings. The molecule has 0 bridgehead atoms. The first-order valence-electron chi connectivity index (χ1n) is 5.22. The van der Waals surface area contributed by atoms with Gasteiger partial charge in [0.15, 0.2) is 0 Å². The predicted octanol–water partition coefficient (Wildman–Crippen LogP) is 2.40. The van der Waals surface area contributed by atoms with E-state index in [1.165, 1.54) is 10.9 Å². The fraction of sp³-hybridized carbons (Fsp3) is 0.333. The summed E-state index contributed by atoms with van der Waals surface area (Å²) in [5.41, 5.74) is 7.94. The molecule has 0 saturated heterocycles. The Hall–Kier alpha value is -1.03. The van der Waals surface area contributed by atoms with E-state index >= 15 is 0 Å². The minimum atomic E-state index is 0.529. The molecule has 0 atom stereocenters. The van der Waals surface area contributed by atoms with Gasteiger partial charge in [-0.1, -0.05) is 17.7 Å². The Morgan fingerprint density at radius 2 is 2.25 bits per heavy atom. The zero-order chi connectivity index (χ0) is 11.5. The van der Waals surface area contributed by atoms with Crippen LogP contribution in [0.25, 0.3) is 10.9 Å². The van der Waals surface area contributed by atoms with Crippen LogP contribution in [0, 0.1) is 0 Å². The summed E-state index contributed by atoms with van der Waals surface area (Å²) in [4.78, 5) is 0. The number of halogens is 1. The molecule has 2 N–H and O–H groups in total. The summed E-state index contributed by atoms with van der Waals surface area (Å²) in [5, 5.41) is 1.94. The van der Waals surface area contributed by atoms with E-state index in [9.17, 15) is 0 Å². The Morgan fingerprint density at radius 3 is 2.94 bits per heavy atom. The fourth-order valence-corrected chi connectivity index (χ4v) is 2.11. The van der Waals surface area contributed by atoms with E-state index in [0.717, 1.165) is 17.0 Å². The van der Waals surface area contributed by atoms with Gasteiger partial charge in [0.05, 0.1) is 5.52 Å². The topological polar surface area (TPSA) is 40.2 Å². The van der Waals surface area contributed by atoms with Gasteiger partial charge in [-0.3, -0.25) is 0 Å². The second-order valence-corrected chi connectivity index (χ2v) is 4.18. The summed E-state index contributed by atoms with van der Waals surface area (Å²) in [6, 6.07) is 5.89. The van der Waals surface area contributed by atoms with Gasteiger partial charge in [-0.15, -0.1) is 0 Å². The third-order valence-corrected chi connectivity index (χ3v) is 2.84. The van der Waals surface area contributed by atoms with Crippen molar-refractivity contribution in [2.45, 2.75) is 13.2 Å². The predicted molar refractivity (Wildman–Crippen MR) is 66.7 cm³/mol. The third kappa shape index (κ3) is 2.07. The molecule has 1 aromatic heterocycles. The third-order valence-electron chi connectivity index (χ3n) is 2.61. The molecule has 3 nitrogen and oxygen atoms in total. The second kappa shape index (κ2) is 4.87. The summed E-state index contributed by atoms with van der Waals surface area (Å²) in [6.45, 7) is 1.18. The molecule has 0 radical (unpaired) electrons. The number of methoxy groups -OCH3 is 1. The molecule has 0 amide bonds. The molecule has 2 rings (SSSR count). The van der Waals surface area contributed by atoms with E-state index in [4.69, 9.17) is 22.1 Å². The summed E-state index contributed by atoms with van der Waals surface area (Å²) < 4.78 is 7.20. The smallest absolute Gasteiger partial charge is 0.122 e. The molecule has 2 aromatic rings. The molecular weight excluding hydrogens is 224 g/mol. The quantitative estimate of drug-likeness (QED) is 0.889. The van der Waals surface area contributed by atoms with E-state index < -0.39 is 0 Å². The monoisotopic (exact) mass is 238 g/mol. The first-order valence-corrected chi connectivity index (χ1v) is 5.60. The minimum absolute atomic E-state index is 0.529. The standard InChI is InChI=1S/C12H15ClN2O/c1-16-8-15-7-9(4-5-14)11-3-2-10(13)6-12(11)15/h2-3,6-7H,4-5,8,14H2,1H3. The lowest BCUT2D eigenvalue weighted by atomic mass is 10.1. The number of benzene rings is 1. The van der Waals surface area contributed by atoms with Gasteiger partial charge in [0.1, 0.15) is 6.73 Å². The van der Waals surface area contributed by atoms with E-state index in [-0.39, 0.29) is 0 Å². The molecule has 86 valence electrons. The lowest BCUT2D eigenvalue weighted by Gasteiger charge is -2.02. The number of ether oxygens (including phenoxy) is 1. The molecule has 4 heteroatoms. The van der Waals surface area contributed by atoms with Crippen LogP contribution in [-0.4, -0.2) is 18.2 Å². The van der Waals surface area contributed by atoms with Crippen LogP contribution in [0.3, 0.4) is 0 Å². The Bertz CT molecular complexity index is 493. The Kier molecular flexibility index (Phi) is 3.49. The maximum Gasteiger partial charge on any atom is 0.122 e. The first kappa shape index (κ1) is 11.5. The summed E-state index contributed by atoms with van der Waals surface area (Å²) in [6.07, 6.45) is 2.95. The first-order chi connectivity index (χ1) is 7.76. The average Bonchev–Trinajstić information content (AvgIpc) is 2.58. The van der Waals surface area contributed by atoms with E-state index in [1.54, 1.807) is 7.11 Å². The molecular formula is C12H15ClN2O. The molecule has 0 aliphatic carbocycles. The van der Waals surface area contributed by atoms with Crippen molar-refractivity contribution in [2.75, 3.05) is 13.7 Å². The molecule has 1 heterocycles. The molecule has 0 spiro atoms. The van der Waals surface area contributed by atoms with Gasteiger partial charge in [-0.2, -0.15) is 0 Å². The number of hydrogen-bond acceptors (Lipinski definition) is 2. The van der Waals surface area contributed by atoms with Crippen molar-refractivity contribution >= 4 is 22.5 Å². The summed E-state index contributed by atoms with van der Waals surface area (Å²) >= 11 is 6.00. The van der Waals surface area contributed by atoms with Crippen LogP contribution in [0.2, 0.25) is 5.02 Å². The second-order valence-electron chi connectivity index (χ2n) is 3.74. The molecule has 0 saturated carbocycles. The Labute approximate surface area is 99.7 Å². The van der Waals surface area contributed by atoms with Crippen molar-refractivity contribution in [3.63, 3.8) is 0 Å². The van der Waals surface area contributed by atoms with Crippen LogP contribution in [0.1, 0.15) is 5.56 Å². The van der Waals surface area contributed by atoms with Crippen LogP contribution in [0.15, 0.2) is 24.4 Å². The molecule has 0 aliphatic rings. The van der Waals surface area contributed by atoms with E-state index in [2.05, 4.69) is 6.20 Å². The van der Waals surface area contributed by atoms with Gasteiger partial charge in [0, 0.05) is 23.7 Å². The van der Waals surface area contributed by atoms with Gasteiger partial charge in [-0.25, -0.2) is 0 Å². The average molecular weight is 239 g/mol. The highest BCUT2D eigenvalue weighted by Gasteiger charge is 2.07. The van der Waals surface area contributed by atoms with Crippen LogP contribution in [-0.2, 0) is 17.9 Å². The van der Waals surface area contributed by atoms with Crippen LogP contribution < -0.4 is 5.73 Å². The fourth-order valence-electron chi connectivity index (χ4n) is 1.94. The van der Waals surface area contributed by atoms with Gasteiger partial charge in [0.25, 0.3) is 0 Å². The van der Waals surface area contributed by atoms with Crippen molar-refractivity contribution in [2.24, 2.45) is 5.73 Å². The van der Waals surface area contributed by atoms with Gasteiger partial charge in [0.2, 0.25) is 0 Å². The van der Waals surface area contributed by atoms with Crippen molar-refractivity contribution in [3.8, 4) is 0 Å². The summed E-state index contributed by atoms with van der Waals surface area (Å²) in [5.74, 6) is 0. The van der Waals surface area contributed by atoms with Crippen LogP contribution >= 0.6 is 11.6 Å². The number of aromatic nitrogens is 1. The van der Waals surface area contributed by atoms with Gasteiger partial charge >= 0.3 is 0 Å². The lowest BCUT2D eigenvalue weighted by Crippen LogP contribution is -2.02. The maximum absolute atomic E-state index is 6.00. The van der Waals surface area contributed by atoms with Crippen molar-refractivity contribution in [1.82, 2.24) is 4.57 Å². The lowest BCUT2D eigenvalue weighted by molar-refractivity contribution is 0.135. The molecule has 16 heavy (non-hydrogen) atoms. The number of rotatable bonds is 4. The number of nitrogens with zero attached hydrogens (tertiary/aromatic N) is 1. The van der Waals surface area contributed by atoms with Gasteiger partial charge in [-0.05, 0) is 30.7 Å². The SMILES string of the molecule is COCn1cc(CCN)c2ccc(Cl)cc21. The summed E-state index contributed by atoms with van der Waals surface area (Å²) in [7, 11) is 1.68. The van der Waals surface area contributed by atoms with Gasteiger partial charge < -0.3 is 15.0 Å². The molecule has 1 aromatic carbocycles. The Morgan fingerprint density at radius 1 is 1.44 bits per heavy atom. The number of hydrogen-bond donors (Lipinski definition) is 1. The van der Waals surface area contributed by atoms with E-state index in [1.807, 2.05) is 22.8 Å². The highest BCUT2D eigenvalue weighted by molar-refractivity contribution is 6.31. The largest absolute Gasteiger partial charge is 0.364 e. The van der Waals surface area contributed by atoms with E-state index in [0.29, 0.717) is 13.3 Å². The molecule has 0 aliphatic heterocycles.